The molecule has 3 N–H and O–H groups in total. The number of hydrogen-bond acceptors (Lipinski definition) is 3. The SMILES string of the molecule is CCCCS(=O)(=O)NCc1ccc(N)cc1. The minimum Gasteiger partial charge on any atom is -0.399 e. The maximum absolute atomic E-state index is 11.5. The summed E-state index contributed by atoms with van der Waals surface area (Å²) in [6, 6.07) is 7.15. The molecule has 1 aromatic rings. The quantitative estimate of drug-likeness (QED) is 0.742. The van der Waals surface area contributed by atoms with E-state index >= 15 is 0 Å². The summed E-state index contributed by atoms with van der Waals surface area (Å²) in [6.45, 7) is 2.29. The van der Waals surface area contributed by atoms with Crippen molar-refractivity contribution in [2.24, 2.45) is 0 Å². The van der Waals surface area contributed by atoms with Crippen molar-refractivity contribution in [1.82, 2.24) is 4.72 Å². The topological polar surface area (TPSA) is 72.2 Å². The van der Waals surface area contributed by atoms with Gasteiger partial charge in [0, 0.05) is 12.2 Å². The summed E-state index contributed by atoms with van der Waals surface area (Å²) in [5.41, 5.74) is 7.13. The van der Waals surface area contributed by atoms with Crippen LogP contribution in [0.5, 0.6) is 0 Å². The first-order chi connectivity index (χ1) is 7.53. The molecule has 0 unspecified atom stereocenters. The van der Waals surface area contributed by atoms with Crippen molar-refractivity contribution in [1.29, 1.82) is 0 Å². The van der Waals surface area contributed by atoms with E-state index in [0.717, 1.165) is 12.0 Å². The number of nitrogens with two attached hydrogens (primary N) is 1. The first kappa shape index (κ1) is 13.0. The predicted octanol–water partition coefficient (Wildman–Crippen LogP) is 1.49. The number of anilines is 1. The molecule has 0 spiro atoms. The number of unbranched alkanes of at least 4 members (excludes halogenated alkanes) is 1. The van der Waals surface area contributed by atoms with Gasteiger partial charge in [-0.1, -0.05) is 25.5 Å². The molecule has 0 bridgehead atoms. The van der Waals surface area contributed by atoms with Crippen molar-refractivity contribution < 1.29 is 8.42 Å². The molecule has 90 valence electrons. The van der Waals surface area contributed by atoms with Crippen LogP contribution in [0.15, 0.2) is 24.3 Å². The van der Waals surface area contributed by atoms with Gasteiger partial charge < -0.3 is 5.73 Å². The molecule has 0 radical (unpaired) electrons. The Hall–Kier alpha value is -1.07. The highest BCUT2D eigenvalue weighted by molar-refractivity contribution is 7.89. The third kappa shape index (κ3) is 4.63. The first-order valence-electron chi connectivity index (χ1n) is 5.35. The van der Waals surface area contributed by atoms with Crippen molar-refractivity contribution in [2.75, 3.05) is 11.5 Å². The van der Waals surface area contributed by atoms with Crippen LogP contribution in [0, 0.1) is 0 Å². The van der Waals surface area contributed by atoms with Crippen LogP contribution in [0.2, 0.25) is 0 Å². The summed E-state index contributed by atoms with van der Waals surface area (Å²) < 4.78 is 25.5. The molecule has 0 amide bonds. The molecular formula is C11H18N2O2S. The summed E-state index contributed by atoms with van der Waals surface area (Å²) in [5.74, 6) is 0.193. The Kier molecular flexibility index (Phi) is 4.76. The van der Waals surface area contributed by atoms with Gasteiger partial charge in [0.1, 0.15) is 0 Å². The van der Waals surface area contributed by atoms with E-state index in [1.54, 1.807) is 12.1 Å². The van der Waals surface area contributed by atoms with Gasteiger partial charge in [-0.25, -0.2) is 13.1 Å². The van der Waals surface area contributed by atoms with Crippen LogP contribution in [-0.4, -0.2) is 14.2 Å². The van der Waals surface area contributed by atoms with Gasteiger partial charge in [0.05, 0.1) is 5.75 Å². The summed E-state index contributed by atoms with van der Waals surface area (Å²) in [6.07, 6.45) is 1.57. The van der Waals surface area contributed by atoms with Gasteiger partial charge >= 0.3 is 0 Å². The molecule has 5 heteroatoms. The molecule has 0 saturated carbocycles. The standard InChI is InChI=1S/C11H18N2O2S/c1-2-3-8-16(14,15)13-9-10-4-6-11(12)7-5-10/h4-7,13H,2-3,8-9,12H2,1H3. The van der Waals surface area contributed by atoms with Crippen LogP contribution in [0.1, 0.15) is 25.3 Å². The lowest BCUT2D eigenvalue weighted by Crippen LogP contribution is -2.25. The first-order valence-corrected chi connectivity index (χ1v) is 7.00. The van der Waals surface area contributed by atoms with Gasteiger partial charge in [0.2, 0.25) is 10.0 Å². The third-order valence-corrected chi connectivity index (χ3v) is 3.65. The van der Waals surface area contributed by atoms with E-state index in [1.807, 2.05) is 19.1 Å². The Morgan fingerprint density at radius 3 is 2.44 bits per heavy atom. The molecule has 16 heavy (non-hydrogen) atoms. The average molecular weight is 242 g/mol. The maximum Gasteiger partial charge on any atom is 0.211 e. The van der Waals surface area contributed by atoms with Crippen molar-refractivity contribution in [2.45, 2.75) is 26.3 Å². The molecule has 0 saturated heterocycles. The van der Waals surface area contributed by atoms with E-state index in [2.05, 4.69) is 4.72 Å². The van der Waals surface area contributed by atoms with E-state index in [1.165, 1.54) is 0 Å². The minimum atomic E-state index is -3.13. The van der Waals surface area contributed by atoms with Crippen molar-refractivity contribution >= 4 is 15.7 Å². The Bertz CT molecular complexity index is 412. The van der Waals surface area contributed by atoms with Gasteiger partial charge in [0.15, 0.2) is 0 Å². The summed E-state index contributed by atoms with van der Waals surface area (Å²) in [5, 5.41) is 0. The number of nitrogen functional groups attached to an aromatic ring is 1. The van der Waals surface area contributed by atoms with Crippen molar-refractivity contribution in [3.63, 3.8) is 0 Å². The highest BCUT2D eigenvalue weighted by Gasteiger charge is 2.08. The lowest BCUT2D eigenvalue weighted by Gasteiger charge is -2.06. The smallest absolute Gasteiger partial charge is 0.211 e. The Morgan fingerprint density at radius 1 is 1.25 bits per heavy atom. The summed E-state index contributed by atoms with van der Waals surface area (Å²) in [7, 11) is -3.13. The summed E-state index contributed by atoms with van der Waals surface area (Å²) >= 11 is 0. The van der Waals surface area contributed by atoms with Gasteiger partial charge in [-0.15, -0.1) is 0 Å². The van der Waals surface area contributed by atoms with E-state index in [-0.39, 0.29) is 5.75 Å². The molecule has 0 atom stereocenters. The number of rotatable bonds is 6. The molecule has 1 rings (SSSR count). The summed E-state index contributed by atoms with van der Waals surface area (Å²) in [4.78, 5) is 0. The lowest BCUT2D eigenvalue weighted by atomic mass is 10.2. The normalized spacial score (nSPS) is 11.6. The average Bonchev–Trinajstić information content (AvgIpc) is 2.26. The number of nitrogens with one attached hydrogen (secondary N) is 1. The van der Waals surface area contributed by atoms with Crippen molar-refractivity contribution in [3.8, 4) is 0 Å². The Balaban J connectivity index is 2.48. The highest BCUT2D eigenvalue weighted by Crippen LogP contribution is 2.05. The monoisotopic (exact) mass is 242 g/mol. The van der Waals surface area contributed by atoms with Gasteiger partial charge in [-0.3, -0.25) is 0 Å². The fourth-order valence-electron chi connectivity index (χ4n) is 1.24. The molecule has 0 heterocycles. The van der Waals surface area contributed by atoms with Gasteiger partial charge in [-0.2, -0.15) is 0 Å². The fraction of sp³-hybridized carbons (Fsp3) is 0.455. The molecule has 0 fully saturated rings. The van der Waals surface area contributed by atoms with Crippen LogP contribution < -0.4 is 10.5 Å². The van der Waals surface area contributed by atoms with Crippen LogP contribution in [0.3, 0.4) is 0 Å². The zero-order valence-electron chi connectivity index (χ0n) is 9.44. The molecule has 0 aliphatic rings. The van der Waals surface area contributed by atoms with Gasteiger partial charge in [0.25, 0.3) is 0 Å². The number of benzene rings is 1. The van der Waals surface area contributed by atoms with E-state index in [4.69, 9.17) is 5.73 Å². The second kappa shape index (κ2) is 5.86. The molecule has 0 aliphatic carbocycles. The largest absolute Gasteiger partial charge is 0.399 e. The minimum absolute atomic E-state index is 0.193. The molecule has 1 aromatic carbocycles. The second-order valence-corrected chi connectivity index (χ2v) is 5.66. The lowest BCUT2D eigenvalue weighted by molar-refractivity contribution is 0.578. The van der Waals surface area contributed by atoms with Crippen LogP contribution >= 0.6 is 0 Å². The second-order valence-electron chi connectivity index (χ2n) is 3.74. The predicted molar refractivity (Wildman–Crippen MR) is 66.4 cm³/mol. The van der Waals surface area contributed by atoms with Crippen LogP contribution in [0.4, 0.5) is 5.69 Å². The Labute approximate surface area is 96.9 Å². The number of hydrogen-bond donors (Lipinski definition) is 2. The third-order valence-electron chi connectivity index (χ3n) is 2.24. The van der Waals surface area contributed by atoms with Gasteiger partial charge in [-0.05, 0) is 24.1 Å². The fourth-order valence-corrected chi connectivity index (χ4v) is 2.43. The van der Waals surface area contributed by atoms with E-state index in [9.17, 15) is 8.42 Å². The zero-order valence-corrected chi connectivity index (χ0v) is 10.3. The maximum atomic E-state index is 11.5. The number of sulfonamides is 1. The van der Waals surface area contributed by atoms with Crippen LogP contribution in [0.25, 0.3) is 0 Å². The van der Waals surface area contributed by atoms with E-state index < -0.39 is 10.0 Å². The molecule has 0 aliphatic heterocycles. The van der Waals surface area contributed by atoms with E-state index in [0.29, 0.717) is 18.7 Å². The molecule has 4 nitrogen and oxygen atoms in total. The molecule has 0 aromatic heterocycles. The Morgan fingerprint density at radius 2 is 1.88 bits per heavy atom. The van der Waals surface area contributed by atoms with Crippen molar-refractivity contribution in [3.05, 3.63) is 29.8 Å². The highest BCUT2D eigenvalue weighted by atomic mass is 32.2. The molecular weight excluding hydrogens is 224 g/mol. The van der Waals surface area contributed by atoms with Crippen LogP contribution in [-0.2, 0) is 16.6 Å². The zero-order chi connectivity index (χ0) is 12.0.